The van der Waals surface area contributed by atoms with Crippen molar-refractivity contribution in [1.29, 1.82) is 0 Å². The minimum Gasteiger partial charge on any atom is -0.309 e. The fraction of sp³-hybridized carbons (Fsp3) is 0.130. The van der Waals surface area contributed by atoms with Crippen molar-refractivity contribution < 1.29 is 0 Å². The second-order valence-corrected chi connectivity index (χ2v) is 9.33. The lowest BCUT2D eigenvalue weighted by Crippen LogP contribution is -2.10. The van der Waals surface area contributed by atoms with Crippen molar-refractivity contribution in [3.05, 3.63) is 87.5 Å². The molecule has 0 saturated carbocycles. The molecule has 0 radical (unpaired) electrons. The number of thioether (sulfide) groups is 1. The van der Waals surface area contributed by atoms with E-state index in [0.717, 1.165) is 26.5 Å². The molecule has 0 fully saturated rings. The molecule has 3 heterocycles. The molecule has 0 bridgehead atoms. The number of benzene rings is 2. The van der Waals surface area contributed by atoms with E-state index in [-0.39, 0.29) is 5.56 Å². The zero-order valence-corrected chi connectivity index (χ0v) is 18.6. The Labute approximate surface area is 187 Å². The lowest BCUT2D eigenvalue weighted by Gasteiger charge is -2.03. The summed E-state index contributed by atoms with van der Waals surface area (Å²) in [6.07, 6.45) is 1.69. The van der Waals surface area contributed by atoms with Gasteiger partial charge in [0, 0.05) is 10.4 Å². The van der Waals surface area contributed by atoms with Crippen molar-refractivity contribution in [2.75, 3.05) is 0 Å². The van der Waals surface area contributed by atoms with Crippen LogP contribution in [0.4, 0.5) is 0 Å². The van der Waals surface area contributed by atoms with Crippen LogP contribution in [0.1, 0.15) is 16.3 Å². The number of hydrogen-bond donors (Lipinski definition) is 1. The van der Waals surface area contributed by atoms with Crippen LogP contribution in [0.3, 0.4) is 0 Å². The predicted molar refractivity (Wildman–Crippen MR) is 126 cm³/mol. The summed E-state index contributed by atoms with van der Waals surface area (Å²) in [4.78, 5) is 26.8. The Hall–Kier alpha value is -3.23. The van der Waals surface area contributed by atoms with Gasteiger partial charge in [-0.05, 0) is 31.5 Å². The topological polar surface area (TPSA) is 76.5 Å². The lowest BCUT2D eigenvalue weighted by molar-refractivity contribution is 0.834. The molecule has 31 heavy (non-hydrogen) atoms. The number of rotatable bonds is 5. The van der Waals surface area contributed by atoms with E-state index in [2.05, 4.69) is 46.3 Å². The summed E-state index contributed by atoms with van der Waals surface area (Å²) in [5, 5.41) is 5.79. The number of nitrogens with one attached hydrogen (secondary N) is 1. The summed E-state index contributed by atoms with van der Waals surface area (Å²) >= 11 is 3.00. The van der Waals surface area contributed by atoms with E-state index < -0.39 is 0 Å². The molecule has 5 rings (SSSR count). The van der Waals surface area contributed by atoms with Crippen LogP contribution in [0.2, 0.25) is 0 Å². The van der Waals surface area contributed by atoms with Crippen LogP contribution >= 0.6 is 23.1 Å². The highest BCUT2D eigenvalue weighted by Crippen LogP contribution is 2.35. The third-order valence-corrected chi connectivity index (χ3v) is 6.82. The number of nitrogens with zero attached hydrogens (tertiary/aromatic N) is 4. The lowest BCUT2D eigenvalue weighted by atomic mass is 10.0. The van der Waals surface area contributed by atoms with Crippen LogP contribution in [0.5, 0.6) is 0 Å². The fourth-order valence-corrected chi connectivity index (χ4v) is 5.19. The normalized spacial score (nSPS) is 11.3. The monoisotopic (exact) mass is 445 g/mol. The van der Waals surface area contributed by atoms with E-state index in [1.165, 1.54) is 17.3 Å². The van der Waals surface area contributed by atoms with Gasteiger partial charge in [0.05, 0.1) is 16.8 Å². The van der Waals surface area contributed by atoms with Crippen LogP contribution in [0, 0.1) is 13.8 Å². The number of thiophene rings is 1. The summed E-state index contributed by atoms with van der Waals surface area (Å²) in [7, 11) is 0. The van der Waals surface area contributed by atoms with Gasteiger partial charge in [-0.25, -0.2) is 14.6 Å². The van der Waals surface area contributed by atoms with E-state index >= 15 is 0 Å². The summed E-state index contributed by atoms with van der Waals surface area (Å²) < 4.78 is 1.73. The molecular weight excluding hydrogens is 426 g/mol. The summed E-state index contributed by atoms with van der Waals surface area (Å²) in [5.74, 6) is 1.11. The Morgan fingerprint density at radius 1 is 1.06 bits per heavy atom. The zero-order valence-electron chi connectivity index (χ0n) is 17.0. The quantitative estimate of drug-likeness (QED) is 0.379. The molecule has 0 unspecified atom stereocenters. The van der Waals surface area contributed by atoms with Gasteiger partial charge in [-0.2, -0.15) is 0 Å². The molecule has 1 N–H and O–H groups in total. The largest absolute Gasteiger partial charge is 0.309 e. The standard InChI is InChI=1S/C23H19N5OS2/c1-14-8-10-16(11-9-14)19-15(2)31-22-20(19)21(29)25-18(26-22)12-30-23-24-13-28(27-23)17-6-4-3-5-7-17/h3-11,13H,12H2,1-2H3,(H,25,26,29). The minimum atomic E-state index is -0.108. The molecule has 6 nitrogen and oxygen atoms in total. The zero-order chi connectivity index (χ0) is 21.4. The number of para-hydroxylation sites is 1. The van der Waals surface area contributed by atoms with Crippen molar-refractivity contribution in [3.8, 4) is 16.8 Å². The van der Waals surface area contributed by atoms with Crippen molar-refractivity contribution in [1.82, 2.24) is 24.7 Å². The highest BCUT2D eigenvalue weighted by Gasteiger charge is 2.17. The molecule has 0 spiro atoms. The first-order chi connectivity index (χ1) is 15.1. The maximum Gasteiger partial charge on any atom is 0.260 e. The van der Waals surface area contributed by atoms with E-state index in [1.807, 2.05) is 37.3 Å². The highest BCUT2D eigenvalue weighted by atomic mass is 32.2. The van der Waals surface area contributed by atoms with Crippen molar-refractivity contribution in [2.45, 2.75) is 24.8 Å². The molecule has 0 aliphatic heterocycles. The van der Waals surface area contributed by atoms with Crippen molar-refractivity contribution >= 4 is 33.3 Å². The molecule has 0 saturated heterocycles. The SMILES string of the molecule is Cc1ccc(-c2c(C)sc3nc(CSc4ncn(-c5ccccc5)n4)[nH]c(=O)c23)cc1. The van der Waals surface area contributed by atoms with E-state index in [4.69, 9.17) is 4.98 Å². The van der Waals surface area contributed by atoms with E-state index in [0.29, 0.717) is 22.1 Å². The molecule has 5 aromatic rings. The average Bonchev–Trinajstić information content (AvgIpc) is 3.38. The summed E-state index contributed by atoms with van der Waals surface area (Å²) in [6, 6.07) is 18.1. The van der Waals surface area contributed by atoms with Gasteiger partial charge in [0.15, 0.2) is 0 Å². The van der Waals surface area contributed by atoms with Crippen LogP contribution < -0.4 is 5.56 Å². The second kappa shape index (κ2) is 8.13. The molecule has 2 aromatic carbocycles. The van der Waals surface area contributed by atoms with Gasteiger partial charge in [0.25, 0.3) is 5.56 Å². The molecule has 0 aliphatic rings. The maximum atomic E-state index is 12.9. The maximum absolute atomic E-state index is 12.9. The van der Waals surface area contributed by atoms with Gasteiger partial charge in [0.1, 0.15) is 17.0 Å². The van der Waals surface area contributed by atoms with Crippen LogP contribution in [-0.4, -0.2) is 24.7 Å². The highest BCUT2D eigenvalue weighted by molar-refractivity contribution is 7.98. The van der Waals surface area contributed by atoms with Crippen LogP contribution in [0.15, 0.2) is 70.9 Å². The van der Waals surface area contributed by atoms with Crippen LogP contribution in [0.25, 0.3) is 27.0 Å². The Bertz CT molecular complexity index is 1420. The van der Waals surface area contributed by atoms with E-state index in [1.54, 1.807) is 22.3 Å². The molecule has 154 valence electrons. The Kier molecular flexibility index (Phi) is 5.17. The Morgan fingerprint density at radius 3 is 2.61 bits per heavy atom. The first-order valence-corrected chi connectivity index (χ1v) is 11.6. The Morgan fingerprint density at radius 2 is 1.84 bits per heavy atom. The number of aryl methyl sites for hydroxylation is 2. The Balaban J connectivity index is 1.41. The van der Waals surface area contributed by atoms with Gasteiger partial charge < -0.3 is 4.98 Å². The second-order valence-electron chi connectivity index (χ2n) is 7.19. The van der Waals surface area contributed by atoms with Gasteiger partial charge >= 0.3 is 0 Å². The summed E-state index contributed by atoms with van der Waals surface area (Å²) in [6.45, 7) is 4.09. The predicted octanol–water partition coefficient (Wildman–Crippen LogP) is 5.14. The molecule has 0 amide bonds. The summed E-state index contributed by atoms with van der Waals surface area (Å²) in [5.41, 5.74) is 4.04. The number of fused-ring (bicyclic) bond motifs is 1. The van der Waals surface area contributed by atoms with Gasteiger partial charge in [-0.15, -0.1) is 16.4 Å². The first-order valence-electron chi connectivity index (χ1n) is 9.78. The minimum absolute atomic E-state index is 0.108. The van der Waals surface area contributed by atoms with Crippen LogP contribution in [-0.2, 0) is 5.75 Å². The molecule has 3 aromatic heterocycles. The fourth-order valence-electron chi connectivity index (χ4n) is 3.45. The third kappa shape index (κ3) is 3.92. The number of hydrogen-bond acceptors (Lipinski definition) is 6. The van der Waals surface area contributed by atoms with Crippen molar-refractivity contribution in [2.24, 2.45) is 0 Å². The number of aromatic amines is 1. The first kappa shape index (κ1) is 19.7. The smallest absolute Gasteiger partial charge is 0.260 e. The number of aromatic nitrogens is 5. The molecular formula is C23H19N5OS2. The van der Waals surface area contributed by atoms with Gasteiger partial charge in [-0.1, -0.05) is 59.8 Å². The average molecular weight is 446 g/mol. The van der Waals surface area contributed by atoms with Gasteiger partial charge in [-0.3, -0.25) is 4.79 Å². The molecule has 0 aliphatic carbocycles. The van der Waals surface area contributed by atoms with E-state index in [9.17, 15) is 4.79 Å². The van der Waals surface area contributed by atoms with Crippen molar-refractivity contribution in [3.63, 3.8) is 0 Å². The third-order valence-electron chi connectivity index (χ3n) is 4.96. The molecule has 8 heteroatoms. The van der Waals surface area contributed by atoms with Gasteiger partial charge in [0.2, 0.25) is 5.16 Å². The molecule has 0 atom stereocenters. The number of H-pyrrole nitrogens is 1.